The highest BCUT2D eigenvalue weighted by Gasteiger charge is 2.14. The third-order valence-electron chi connectivity index (χ3n) is 2.92. The van der Waals surface area contributed by atoms with E-state index in [0.29, 0.717) is 32.3 Å². The SMILES string of the molecule is CCOCCOCCOC(CCS)CC(C)OCC(C)C. The predicted molar refractivity (Wildman–Crippen MR) is 90.4 cm³/mol. The first-order valence-corrected chi connectivity index (χ1v) is 8.72. The van der Waals surface area contributed by atoms with E-state index in [1.165, 1.54) is 0 Å². The zero-order valence-corrected chi connectivity index (χ0v) is 15.1. The standard InChI is InChI=1S/C16H34O4S/c1-5-17-7-8-18-9-10-19-16(6-11-21)12-15(4)20-13-14(2)3/h14-16,21H,5-13H2,1-4H3. The molecule has 0 amide bonds. The van der Waals surface area contributed by atoms with E-state index in [9.17, 15) is 0 Å². The minimum Gasteiger partial charge on any atom is -0.379 e. The summed E-state index contributed by atoms with van der Waals surface area (Å²) in [5.74, 6) is 1.39. The van der Waals surface area contributed by atoms with Gasteiger partial charge in [0.05, 0.1) is 38.6 Å². The Labute approximate surface area is 136 Å². The van der Waals surface area contributed by atoms with Gasteiger partial charge in [0.25, 0.3) is 0 Å². The Kier molecular flexibility index (Phi) is 15.2. The van der Waals surface area contributed by atoms with Gasteiger partial charge in [-0.2, -0.15) is 12.6 Å². The zero-order valence-electron chi connectivity index (χ0n) is 14.2. The molecule has 0 saturated carbocycles. The molecule has 0 aromatic heterocycles. The van der Waals surface area contributed by atoms with E-state index in [-0.39, 0.29) is 12.2 Å². The normalized spacial score (nSPS) is 14.6. The molecule has 0 N–H and O–H groups in total. The van der Waals surface area contributed by atoms with Crippen molar-refractivity contribution in [3.63, 3.8) is 0 Å². The van der Waals surface area contributed by atoms with Crippen LogP contribution in [0.15, 0.2) is 0 Å². The maximum absolute atomic E-state index is 5.87. The molecule has 0 saturated heterocycles. The van der Waals surface area contributed by atoms with Crippen molar-refractivity contribution in [2.75, 3.05) is 45.4 Å². The largest absolute Gasteiger partial charge is 0.379 e. The van der Waals surface area contributed by atoms with Crippen molar-refractivity contribution in [1.82, 2.24) is 0 Å². The Bertz CT molecular complexity index is 214. The molecule has 0 bridgehead atoms. The minimum absolute atomic E-state index is 0.195. The van der Waals surface area contributed by atoms with Crippen LogP contribution in [0.25, 0.3) is 0 Å². The fraction of sp³-hybridized carbons (Fsp3) is 1.00. The van der Waals surface area contributed by atoms with E-state index < -0.39 is 0 Å². The van der Waals surface area contributed by atoms with Crippen LogP contribution in [-0.4, -0.2) is 57.6 Å². The molecular weight excluding hydrogens is 288 g/mol. The molecule has 0 radical (unpaired) electrons. The first kappa shape index (κ1) is 21.2. The summed E-state index contributed by atoms with van der Waals surface area (Å²) in [6.45, 7) is 12.4. The second-order valence-corrected chi connectivity index (χ2v) is 6.04. The molecule has 0 aliphatic rings. The van der Waals surface area contributed by atoms with Gasteiger partial charge in [-0.25, -0.2) is 0 Å². The van der Waals surface area contributed by atoms with Crippen molar-refractivity contribution < 1.29 is 18.9 Å². The molecule has 21 heavy (non-hydrogen) atoms. The highest BCUT2D eigenvalue weighted by atomic mass is 32.1. The average Bonchev–Trinajstić information content (AvgIpc) is 2.44. The Morgan fingerprint density at radius 1 is 0.905 bits per heavy atom. The fourth-order valence-electron chi connectivity index (χ4n) is 1.85. The van der Waals surface area contributed by atoms with Crippen molar-refractivity contribution in [2.45, 2.75) is 52.7 Å². The smallest absolute Gasteiger partial charge is 0.0704 e. The van der Waals surface area contributed by atoms with Crippen molar-refractivity contribution in [1.29, 1.82) is 0 Å². The lowest BCUT2D eigenvalue weighted by molar-refractivity contribution is -0.0399. The van der Waals surface area contributed by atoms with E-state index in [4.69, 9.17) is 18.9 Å². The molecule has 128 valence electrons. The quantitative estimate of drug-likeness (QED) is 0.371. The third-order valence-corrected chi connectivity index (χ3v) is 3.18. The van der Waals surface area contributed by atoms with Crippen LogP contribution in [-0.2, 0) is 18.9 Å². The molecule has 4 nitrogen and oxygen atoms in total. The zero-order chi connectivity index (χ0) is 15.9. The van der Waals surface area contributed by atoms with Gasteiger partial charge in [-0.15, -0.1) is 0 Å². The van der Waals surface area contributed by atoms with E-state index in [1.807, 2.05) is 6.92 Å². The molecule has 2 atom stereocenters. The lowest BCUT2D eigenvalue weighted by Crippen LogP contribution is -2.24. The van der Waals surface area contributed by atoms with Gasteiger partial charge in [0.2, 0.25) is 0 Å². The monoisotopic (exact) mass is 322 g/mol. The number of ether oxygens (including phenoxy) is 4. The summed E-state index contributed by atoms with van der Waals surface area (Å²) in [7, 11) is 0. The molecule has 0 aliphatic carbocycles. The molecule has 0 spiro atoms. The second-order valence-electron chi connectivity index (χ2n) is 5.59. The summed E-state index contributed by atoms with van der Waals surface area (Å²) >= 11 is 4.30. The number of rotatable bonds is 15. The first-order valence-electron chi connectivity index (χ1n) is 8.09. The Morgan fingerprint density at radius 3 is 2.19 bits per heavy atom. The van der Waals surface area contributed by atoms with E-state index >= 15 is 0 Å². The lowest BCUT2D eigenvalue weighted by atomic mass is 10.1. The van der Waals surface area contributed by atoms with E-state index in [0.717, 1.165) is 31.8 Å². The van der Waals surface area contributed by atoms with Crippen LogP contribution in [0.2, 0.25) is 0 Å². The third kappa shape index (κ3) is 14.9. The van der Waals surface area contributed by atoms with Gasteiger partial charge in [0.1, 0.15) is 0 Å². The highest BCUT2D eigenvalue weighted by molar-refractivity contribution is 7.80. The maximum atomic E-state index is 5.87. The molecule has 5 heteroatoms. The second kappa shape index (κ2) is 15.1. The Hall–Kier alpha value is 0.190. The molecule has 2 unspecified atom stereocenters. The van der Waals surface area contributed by atoms with Gasteiger partial charge >= 0.3 is 0 Å². The van der Waals surface area contributed by atoms with Crippen LogP contribution >= 0.6 is 12.6 Å². The highest BCUT2D eigenvalue weighted by Crippen LogP contribution is 2.12. The van der Waals surface area contributed by atoms with Crippen LogP contribution in [0.3, 0.4) is 0 Å². The van der Waals surface area contributed by atoms with Gasteiger partial charge in [-0.05, 0) is 38.4 Å². The van der Waals surface area contributed by atoms with E-state index in [2.05, 4.69) is 33.4 Å². The lowest BCUT2D eigenvalue weighted by Gasteiger charge is -2.22. The molecule has 0 aliphatic heterocycles. The first-order chi connectivity index (χ1) is 10.1. The number of thiol groups is 1. The van der Waals surface area contributed by atoms with E-state index in [1.54, 1.807) is 0 Å². The number of hydrogen-bond donors (Lipinski definition) is 1. The molecule has 0 rings (SSSR count). The van der Waals surface area contributed by atoms with Crippen LogP contribution < -0.4 is 0 Å². The summed E-state index contributed by atoms with van der Waals surface area (Å²) in [4.78, 5) is 0. The van der Waals surface area contributed by atoms with Crippen LogP contribution in [0.5, 0.6) is 0 Å². The molecule has 0 aromatic rings. The Balaban J connectivity index is 3.70. The Morgan fingerprint density at radius 2 is 1.57 bits per heavy atom. The predicted octanol–water partition coefficient (Wildman–Crippen LogP) is 3.20. The number of hydrogen-bond acceptors (Lipinski definition) is 5. The van der Waals surface area contributed by atoms with Crippen LogP contribution in [0.4, 0.5) is 0 Å². The van der Waals surface area contributed by atoms with Crippen molar-refractivity contribution in [3.8, 4) is 0 Å². The summed E-state index contributed by atoms with van der Waals surface area (Å²) in [6.07, 6.45) is 2.26. The van der Waals surface area contributed by atoms with Gasteiger partial charge in [-0.3, -0.25) is 0 Å². The maximum Gasteiger partial charge on any atom is 0.0704 e. The van der Waals surface area contributed by atoms with Crippen LogP contribution in [0, 0.1) is 5.92 Å². The van der Waals surface area contributed by atoms with Gasteiger partial charge < -0.3 is 18.9 Å². The molecule has 0 aromatic carbocycles. The minimum atomic E-state index is 0.195. The molecule has 0 heterocycles. The van der Waals surface area contributed by atoms with Crippen LogP contribution in [0.1, 0.15) is 40.5 Å². The van der Waals surface area contributed by atoms with Crippen molar-refractivity contribution in [3.05, 3.63) is 0 Å². The van der Waals surface area contributed by atoms with Gasteiger partial charge in [0.15, 0.2) is 0 Å². The average molecular weight is 323 g/mol. The molecular formula is C16H34O4S. The fourth-order valence-corrected chi connectivity index (χ4v) is 2.13. The summed E-state index contributed by atoms with van der Waals surface area (Å²) < 4.78 is 22.3. The topological polar surface area (TPSA) is 36.9 Å². The summed E-state index contributed by atoms with van der Waals surface area (Å²) in [6, 6.07) is 0. The summed E-state index contributed by atoms with van der Waals surface area (Å²) in [5.41, 5.74) is 0. The van der Waals surface area contributed by atoms with Crippen molar-refractivity contribution in [2.24, 2.45) is 5.92 Å². The molecule has 0 fully saturated rings. The van der Waals surface area contributed by atoms with Crippen molar-refractivity contribution >= 4 is 12.6 Å². The van der Waals surface area contributed by atoms with Gasteiger partial charge in [0, 0.05) is 13.2 Å². The summed E-state index contributed by atoms with van der Waals surface area (Å²) in [5, 5.41) is 0. The van der Waals surface area contributed by atoms with Gasteiger partial charge in [-0.1, -0.05) is 13.8 Å².